The van der Waals surface area contributed by atoms with E-state index in [-0.39, 0.29) is 5.75 Å². The highest BCUT2D eigenvalue weighted by atomic mass is 79.9. The summed E-state index contributed by atoms with van der Waals surface area (Å²) in [5, 5.41) is 13.1. The quantitative estimate of drug-likeness (QED) is 0.271. The number of carbonyl (C=O) groups excluding carboxylic acids is 2. The van der Waals surface area contributed by atoms with Crippen molar-refractivity contribution in [2.24, 2.45) is 5.10 Å². The molecule has 140 valence electrons. The lowest BCUT2D eigenvalue weighted by atomic mass is 10.2. The Morgan fingerprint density at radius 2 is 1.75 bits per heavy atom. The highest BCUT2D eigenvalue weighted by molar-refractivity contribution is 9.10. The van der Waals surface area contributed by atoms with Crippen LogP contribution in [0.25, 0.3) is 0 Å². The molecular formula is C21H15BrN2O4. The zero-order valence-electron chi connectivity index (χ0n) is 14.5. The van der Waals surface area contributed by atoms with Crippen LogP contribution < -0.4 is 10.2 Å². The molecule has 0 radical (unpaired) electrons. The minimum absolute atomic E-state index is 0.0777. The van der Waals surface area contributed by atoms with E-state index < -0.39 is 11.9 Å². The standard InChI is InChI=1S/C21H15BrN2O4/c22-19-7-2-1-6-18(19)21(27)28-17-5-3-4-14(12-17)13-23-24-20(26)15-8-10-16(25)11-9-15/h1-13,25H,(H,24,26). The van der Waals surface area contributed by atoms with Gasteiger partial charge in [0.15, 0.2) is 0 Å². The number of carbonyl (C=O) groups is 2. The van der Waals surface area contributed by atoms with E-state index in [0.29, 0.717) is 26.9 Å². The van der Waals surface area contributed by atoms with Gasteiger partial charge in [0, 0.05) is 10.0 Å². The predicted octanol–water partition coefficient (Wildman–Crippen LogP) is 4.14. The molecule has 7 heteroatoms. The van der Waals surface area contributed by atoms with Crippen LogP contribution in [0.4, 0.5) is 0 Å². The molecule has 0 aromatic heterocycles. The fraction of sp³-hybridized carbons (Fsp3) is 0. The van der Waals surface area contributed by atoms with Crippen LogP contribution in [0.15, 0.2) is 82.4 Å². The third-order valence-corrected chi connectivity index (χ3v) is 4.36. The van der Waals surface area contributed by atoms with Crippen molar-refractivity contribution in [2.45, 2.75) is 0 Å². The number of benzene rings is 3. The third-order valence-electron chi connectivity index (χ3n) is 3.67. The van der Waals surface area contributed by atoms with Crippen LogP contribution in [0.5, 0.6) is 11.5 Å². The van der Waals surface area contributed by atoms with Gasteiger partial charge < -0.3 is 9.84 Å². The van der Waals surface area contributed by atoms with E-state index in [4.69, 9.17) is 4.74 Å². The van der Waals surface area contributed by atoms with Crippen molar-refractivity contribution >= 4 is 34.0 Å². The van der Waals surface area contributed by atoms with Crippen LogP contribution in [0, 0.1) is 0 Å². The average molecular weight is 439 g/mol. The van der Waals surface area contributed by atoms with Gasteiger partial charge >= 0.3 is 5.97 Å². The first-order valence-corrected chi connectivity index (χ1v) is 9.01. The van der Waals surface area contributed by atoms with Crippen LogP contribution in [0.1, 0.15) is 26.3 Å². The molecule has 28 heavy (non-hydrogen) atoms. The Morgan fingerprint density at radius 1 is 1.00 bits per heavy atom. The summed E-state index contributed by atoms with van der Waals surface area (Å²) >= 11 is 3.32. The van der Waals surface area contributed by atoms with Gasteiger partial charge in [-0.3, -0.25) is 4.79 Å². The largest absolute Gasteiger partial charge is 0.508 e. The molecule has 3 aromatic rings. The minimum atomic E-state index is -0.484. The molecule has 3 aromatic carbocycles. The predicted molar refractivity (Wildman–Crippen MR) is 109 cm³/mol. The second-order valence-electron chi connectivity index (χ2n) is 5.69. The van der Waals surface area contributed by atoms with Crippen molar-refractivity contribution in [3.8, 4) is 11.5 Å². The molecule has 0 saturated heterocycles. The molecule has 2 N–H and O–H groups in total. The van der Waals surface area contributed by atoms with Crippen LogP contribution >= 0.6 is 15.9 Å². The molecule has 0 unspecified atom stereocenters. The molecule has 0 aliphatic rings. The fourth-order valence-electron chi connectivity index (χ4n) is 2.29. The van der Waals surface area contributed by atoms with Crippen molar-refractivity contribution < 1.29 is 19.4 Å². The number of aromatic hydroxyl groups is 1. The van der Waals surface area contributed by atoms with E-state index in [1.165, 1.54) is 30.5 Å². The van der Waals surface area contributed by atoms with Gasteiger partial charge in [0.1, 0.15) is 11.5 Å². The molecule has 0 bridgehead atoms. The van der Waals surface area contributed by atoms with Gasteiger partial charge in [-0.2, -0.15) is 5.10 Å². The van der Waals surface area contributed by atoms with Crippen LogP contribution in [0.2, 0.25) is 0 Å². The van der Waals surface area contributed by atoms with Gasteiger partial charge in [-0.15, -0.1) is 0 Å². The topological polar surface area (TPSA) is 88.0 Å². The summed E-state index contributed by atoms with van der Waals surface area (Å²) in [7, 11) is 0. The van der Waals surface area contributed by atoms with Crippen molar-refractivity contribution in [3.63, 3.8) is 0 Å². The van der Waals surface area contributed by atoms with Crippen LogP contribution in [0.3, 0.4) is 0 Å². The Morgan fingerprint density at radius 3 is 2.50 bits per heavy atom. The number of hydrazone groups is 1. The SMILES string of the molecule is O=C(NN=Cc1cccc(OC(=O)c2ccccc2Br)c1)c1ccc(O)cc1. The maximum atomic E-state index is 12.3. The lowest BCUT2D eigenvalue weighted by Crippen LogP contribution is -2.17. The molecule has 0 atom stereocenters. The molecule has 3 rings (SSSR count). The molecular weight excluding hydrogens is 424 g/mol. The third kappa shape index (κ3) is 5.05. The number of rotatable bonds is 5. The van der Waals surface area contributed by atoms with Crippen molar-refractivity contribution in [2.75, 3.05) is 0 Å². The van der Waals surface area contributed by atoms with E-state index >= 15 is 0 Å². The normalized spacial score (nSPS) is 10.6. The van der Waals surface area contributed by atoms with Crippen molar-refractivity contribution in [1.29, 1.82) is 0 Å². The summed E-state index contributed by atoms with van der Waals surface area (Å²) in [6.07, 6.45) is 1.44. The first-order chi connectivity index (χ1) is 13.5. The molecule has 1 amide bonds. The monoisotopic (exact) mass is 438 g/mol. The van der Waals surface area contributed by atoms with Crippen molar-refractivity contribution in [3.05, 3.63) is 94.0 Å². The lowest BCUT2D eigenvalue weighted by Gasteiger charge is -2.06. The van der Waals surface area contributed by atoms with E-state index in [2.05, 4.69) is 26.5 Å². The zero-order chi connectivity index (χ0) is 19.9. The number of hydrogen-bond donors (Lipinski definition) is 2. The van der Waals surface area contributed by atoms with E-state index in [1.54, 1.807) is 42.5 Å². The van der Waals surface area contributed by atoms with Crippen LogP contribution in [-0.4, -0.2) is 23.2 Å². The summed E-state index contributed by atoms with van der Waals surface area (Å²) < 4.78 is 6.04. The number of halogens is 1. The van der Waals surface area contributed by atoms with Crippen LogP contribution in [-0.2, 0) is 0 Å². The Bertz CT molecular complexity index is 1030. The molecule has 0 spiro atoms. The zero-order valence-corrected chi connectivity index (χ0v) is 16.1. The highest BCUT2D eigenvalue weighted by Crippen LogP contribution is 2.19. The maximum Gasteiger partial charge on any atom is 0.344 e. The number of nitrogens with one attached hydrogen (secondary N) is 1. The molecule has 0 fully saturated rings. The number of ether oxygens (including phenoxy) is 1. The number of amides is 1. The summed E-state index contributed by atoms with van der Waals surface area (Å²) in [4.78, 5) is 24.2. The van der Waals surface area contributed by atoms with Crippen molar-refractivity contribution in [1.82, 2.24) is 5.43 Å². The lowest BCUT2D eigenvalue weighted by molar-refractivity contribution is 0.0733. The van der Waals surface area contributed by atoms with Gasteiger partial charge in [-0.25, -0.2) is 10.2 Å². The summed E-state index contributed by atoms with van der Waals surface area (Å²) in [5.74, 6) is -0.460. The Kier molecular flexibility index (Phi) is 6.18. The van der Waals surface area contributed by atoms with E-state index in [0.717, 1.165) is 0 Å². The first-order valence-electron chi connectivity index (χ1n) is 8.22. The Hall–Kier alpha value is -3.45. The van der Waals surface area contributed by atoms with Gasteiger partial charge in [0.05, 0.1) is 11.8 Å². The first kappa shape index (κ1) is 19.3. The van der Waals surface area contributed by atoms with Gasteiger partial charge in [-0.05, 0) is 70.0 Å². The van der Waals surface area contributed by atoms with Gasteiger partial charge in [0.2, 0.25) is 0 Å². The maximum absolute atomic E-state index is 12.3. The molecule has 0 aliphatic carbocycles. The average Bonchev–Trinajstić information content (AvgIpc) is 2.69. The molecule has 6 nitrogen and oxygen atoms in total. The number of phenols is 1. The van der Waals surface area contributed by atoms with Gasteiger partial charge in [-0.1, -0.05) is 24.3 Å². The molecule has 0 heterocycles. The fourth-order valence-corrected chi connectivity index (χ4v) is 2.74. The van der Waals surface area contributed by atoms with E-state index in [1.807, 2.05) is 6.07 Å². The van der Waals surface area contributed by atoms with E-state index in [9.17, 15) is 14.7 Å². The smallest absolute Gasteiger partial charge is 0.344 e. The molecule has 0 aliphatic heterocycles. The summed E-state index contributed by atoms with van der Waals surface area (Å²) in [6.45, 7) is 0. The number of nitrogens with zero attached hydrogens (tertiary/aromatic N) is 1. The highest BCUT2D eigenvalue weighted by Gasteiger charge is 2.12. The number of esters is 1. The summed E-state index contributed by atoms with van der Waals surface area (Å²) in [6, 6.07) is 19.6. The molecule has 0 saturated carbocycles. The number of hydrogen-bond acceptors (Lipinski definition) is 5. The Labute approximate surface area is 169 Å². The Balaban J connectivity index is 1.63. The number of phenolic OH excluding ortho intramolecular Hbond substituents is 1. The minimum Gasteiger partial charge on any atom is -0.508 e. The second kappa shape index (κ2) is 8.96. The van der Waals surface area contributed by atoms with Gasteiger partial charge in [0.25, 0.3) is 5.91 Å². The summed E-state index contributed by atoms with van der Waals surface area (Å²) in [5.41, 5.74) is 3.82. The second-order valence-corrected chi connectivity index (χ2v) is 6.54.